The first-order valence-electron chi connectivity index (χ1n) is 8.54. The van der Waals surface area contributed by atoms with Crippen molar-refractivity contribution in [2.75, 3.05) is 27.2 Å². The molecule has 0 unspecified atom stereocenters. The van der Waals surface area contributed by atoms with Crippen molar-refractivity contribution in [3.05, 3.63) is 65.2 Å². The quantitative estimate of drug-likeness (QED) is 0.404. The molecule has 1 amide bonds. The second-order valence-electron chi connectivity index (χ2n) is 5.83. The maximum atomic E-state index is 12.1. The van der Waals surface area contributed by atoms with Gasteiger partial charge in [-0.3, -0.25) is 9.79 Å². The van der Waals surface area contributed by atoms with Crippen LogP contribution in [-0.4, -0.2) is 39.1 Å². The maximum Gasteiger partial charge on any atom is 0.251 e. The van der Waals surface area contributed by atoms with Crippen molar-refractivity contribution < 1.29 is 9.53 Å². The first-order valence-corrected chi connectivity index (χ1v) is 8.54. The summed E-state index contributed by atoms with van der Waals surface area (Å²) in [7, 11) is 3.37. The predicted octanol–water partition coefficient (Wildman–Crippen LogP) is 2.10. The molecule has 26 heavy (non-hydrogen) atoms. The van der Waals surface area contributed by atoms with Crippen molar-refractivity contribution in [1.29, 1.82) is 0 Å². The minimum absolute atomic E-state index is 0.0725. The van der Waals surface area contributed by atoms with Gasteiger partial charge >= 0.3 is 0 Å². The molecule has 0 spiro atoms. The predicted molar refractivity (Wildman–Crippen MR) is 105 cm³/mol. The van der Waals surface area contributed by atoms with Gasteiger partial charge in [0.2, 0.25) is 0 Å². The summed E-state index contributed by atoms with van der Waals surface area (Å²) >= 11 is 0. The van der Waals surface area contributed by atoms with Gasteiger partial charge in [0.25, 0.3) is 5.91 Å². The summed E-state index contributed by atoms with van der Waals surface area (Å²) in [4.78, 5) is 16.3. The molecule has 0 bridgehead atoms. The molecule has 6 nitrogen and oxygen atoms in total. The number of methoxy groups -OCH3 is 1. The molecule has 0 saturated heterocycles. The molecule has 0 heterocycles. The number of guanidine groups is 1. The van der Waals surface area contributed by atoms with E-state index in [-0.39, 0.29) is 5.91 Å². The summed E-state index contributed by atoms with van der Waals surface area (Å²) in [6.07, 6.45) is 0. The number of carbonyl (C=O) groups is 1. The van der Waals surface area contributed by atoms with E-state index in [1.54, 1.807) is 14.2 Å². The molecule has 3 N–H and O–H groups in total. The zero-order chi connectivity index (χ0) is 18.8. The van der Waals surface area contributed by atoms with Gasteiger partial charge < -0.3 is 20.7 Å². The SMILES string of the molecule is CN=C(NCCNC(=O)c1cccc(C)c1)NCc1ccc(OC)cc1. The fourth-order valence-corrected chi connectivity index (χ4v) is 2.40. The van der Waals surface area contributed by atoms with Gasteiger partial charge in [0, 0.05) is 32.2 Å². The Kier molecular flexibility index (Phi) is 7.49. The molecular weight excluding hydrogens is 328 g/mol. The molecule has 0 aliphatic heterocycles. The standard InChI is InChI=1S/C20H26N4O2/c1-15-5-4-6-17(13-15)19(25)22-11-12-23-20(21-2)24-14-16-7-9-18(26-3)10-8-16/h4-10,13H,11-12,14H2,1-3H3,(H,22,25)(H2,21,23,24). The molecule has 0 aliphatic rings. The molecular formula is C20H26N4O2. The van der Waals surface area contributed by atoms with Crippen molar-refractivity contribution >= 4 is 11.9 Å². The van der Waals surface area contributed by atoms with Gasteiger partial charge in [0.1, 0.15) is 5.75 Å². The van der Waals surface area contributed by atoms with E-state index < -0.39 is 0 Å². The lowest BCUT2D eigenvalue weighted by atomic mass is 10.1. The van der Waals surface area contributed by atoms with Gasteiger partial charge in [-0.2, -0.15) is 0 Å². The number of nitrogens with one attached hydrogen (secondary N) is 3. The van der Waals surface area contributed by atoms with E-state index in [1.807, 2.05) is 55.5 Å². The van der Waals surface area contributed by atoms with Crippen LogP contribution < -0.4 is 20.7 Å². The van der Waals surface area contributed by atoms with Gasteiger partial charge in [-0.25, -0.2) is 0 Å². The highest BCUT2D eigenvalue weighted by atomic mass is 16.5. The van der Waals surface area contributed by atoms with Crippen molar-refractivity contribution in [2.24, 2.45) is 4.99 Å². The number of aliphatic imine (C=N–C) groups is 1. The highest BCUT2D eigenvalue weighted by Crippen LogP contribution is 2.10. The van der Waals surface area contributed by atoms with E-state index in [0.717, 1.165) is 16.9 Å². The van der Waals surface area contributed by atoms with Crippen LogP contribution in [0.2, 0.25) is 0 Å². The van der Waals surface area contributed by atoms with Gasteiger partial charge in [0.15, 0.2) is 5.96 Å². The largest absolute Gasteiger partial charge is 0.497 e. The maximum absolute atomic E-state index is 12.1. The number of hydrogen-bond acceptors (Lipinski definition) is 3. The van der Waals surface area contributed by atoms with Crippen LogP contribution in [-0.2, 0) is 6.54 Å². The van der Waals surface area contributed by atoms with Gasteiger partial charge in [0.05, 0.1) is 7.11 Å². The highest BCUT2D eigenvalue weighted by molar-refractivity contribution is 5.94. The molecule has 6 heteroatoms. The van der Waals surface area contributed by atoms with Crippen molar-refractivity contribution in [1.82, 2.24) is 16.0 Å². The van der Waals surface area contributed by atoms with Crippen LogP contribution >= 0.6 is 0 Å². The van der Waals surface area contributed by atoms with Crippen LogP contribution in [0, 0.1) is 6.92 Å². The fourth-order valence-electron chi connectivity index (χ4n) is 2.40. The number of nitrogens with zero attached hydrogens (tertiary/aromatic N) is 1. The lowest BCUT2D eigenvalue weighted by Gasteiger charge is -2.13. The van der Waals surface area contributed by atoms with Crippen LogP contribution in [0.15, 0.2) is 53.5 Å². The molecule has 0 aromatic heterocycles. The zero-order valence-electron chi connectivity index (χ0n) is 15.5. The van der Waals surface area contributed by atoms with Gasteiger partial charge in [-0.15, -0.1) is 0 Å². The second kappa shape index (κ2) is 10.1. The average Bonchev–Trinajstić information content (AvgIpc) is 2.67. The van der Waals surface area contributed by atoms with Gasteiger partial charge in [-0.05, 0) is 36.8 Å². The number of aryl methyl sites for hydroxylation is 1. The van der Waals surface area contributed by atoms with E-state index in [2.05, 4.69) is 20.9 Å². The molecule has 0 fully saturated rings. The minimum Gasteiger partial charge on any atom is -0.497 e. The Balaban J connectivity index is 1.70. The highest BCUT2D eigenvalue weighted by Gasteiger charge is 2.04. The Morgan fingerprint density at radius 2 is 1.77 bits per heavy atom. The second-order valence-corrected chi connectivity index (χ2v) is 5.83. The van der Waals surface area contributed by atoms with Crippen LogP contribution in [0.1, 0.15) is 21.5 Å². The molecule has 0 aliphatic carbocycles. The topological polar surface area (TPSA) is 74.8 Å². The molecule has 2 rings (SSSR count). The fraction of sp³-hybridized carbons (Fsp3) is 0.300. The van der Waals surface area contributed by atoms with E-state index >= 15 is 0 Å². The Morgan fingerprint density at radius 3 is 2.42 bits per heavy atom. The number of benzene rings is 2. The molecule has 138 valence electrons. The van der Waals surface area contributed by atoms with E-state index in [4.69, 9.17) is 4.74 Å². The van der Waals surface area contributed by atoms with Crippen molar-refractivity contribution in [3.8, 4) is 5.75 Å². The van der Waals surface area contributed by atoms with Crippen LogP contribution in [0.4, 0.5) is 0 Å². The van der Waals surface area contributed by atoms with Crippen LogP contribution in [0.25, 0.3) is 0 Å². The first-order chi connectivity index (χ1) is 12.6. The average molecular weight is 354 g/mol. The van der Waals surface area contributed by atoms with Crippen molar-refractivity contribution in [3.63, 3.8) is 0 Å². The molecule has 0 atom stereocenters. The Bertz CT molecular complexity index is 742. The number of rotatable bonds is 7. The molecule has 2 aromatic carbocycles. The van der Waals surface area contributed by atoms with E-state index in [1.165, 1.54) is 0 Å². The van der Waals surface area contributed by atoms with Crippen LogP contribution in [0.5, 0.6) is 5.75 Å². The number of hydrogen-bond donors (Lipinski definition) is 3. The summed E-state index contributed by atoms with van der Waals surface area (Å²) in [5.41, 5.74) is 2.87. The Labute approximate surface area is 154 Å². The van der Waals surface area contributed by atoms with E-state index in [9.17, 15) is 4.79 Å². The molecule has 0 saturated carbocycles. The van der Waals surface area contributed by atoms with Crippen molar-refractivity contribution in [2.45, 2.75) is 13.5 Å². The molecule has 2 aromatic rings. The third-order valence-corrected chi connectivity index (χ3v) is 3.83. The summed E-state index contributed by atoms with van der Waals surface area (Å²) < 4.78 is 5.15. The smallest absolute Gasteiger partial charge is 0.251 e. The van der Waals surface area contributed by atoms with Gasteiger partial charge in [-0.1, -0.05) is 29.8 Å². The third kappa shape index (κ3) is 6.12. The summed E-state index contributed by atoms with van der Waals surface area (Å²) in [5, 5.41) is 9.31. The van der Waals surface area contributed by atoms with Crippen LogP contribution in [0.3, 0.4) is 0 Å². The zero-order valence-corrected chi connectivity index (χ0v) is 15.5. The summed E-state index contributed by atoms with van der Waals surface area (Å²) in [5.74, 6) is 1.45. The van der Waals surface area contributed by atoms with E-state index in [0.29, 0.717) is 31.2 Å². The number of carbonyl (C=O) groups excluding carboxylic acids is 1. The Morgan fingerprint density at radius 1 is 1.04 bits per heavy atom. The first kappa shape index (κ1) is 19.3. The summed E-state index contributed by atoms with van der Waals surface area (Å²) in [6.45, 7) is 3.71. The monoisotopic (exact) mass is 354 g/mol. The third-order valence-electron chi connectivity index (χ3n) is 3.83. The molecule has 0 radical (unpaired) electrons. The Hall–Kier alpha value is -3.02. The number of amides is 1. The summed E-state index contributed by atoms with van der Waals surface area (Å²) in [6, 6.07) is 15.4. The normalized spacial score (nSPS) is 11.0. The number of ether oxygens (including phenoxy) is 1. The minimum atomic E-state index is -0.0725. The lowest BCUT2D eigenvalue weighted by Crippen LogP contribution is -2.41. The lowest BCUT2D eigenvalue weighted by molar-refractivity contribution is 0.0954.